The summed E-state index contributed by atoms with van der Waals surface area (Å²) >= 11 is 0. The molecule has 0 bridgehead atoms. The third kappa shape index (κ3) is 4.94. The Kier molecular flexibility index (Phi) is 5.45. The quantitative estimate of drug-likeness (QED) is 0.597. The maximum Gasteiger partial charge on any atom is 0.315 e. The number of rotatable bonds is 5. The molecular weight excluding hydrogens is 216 g/mol. The highest BCUT2D eigenvalue weighted by Gasteiger charge is 1.99. The lowest BCUT2D eigenvalue weighted by atomic mass is 10.2. The Morgan fingerprint density at radius 1 is 1.35 bits per heavy atom. The zero-order valence-corrected chi connectivity index (χ0v) is 9.82. The van der Waals surface area contributed by atoms with Gasteiger partial charge in [0, 0.05) is 19.5 Å². The van der Waals surface area contributed by atoms with Crippen LogP contribution >= 0.6 is 0 Å². The van der Waals surface area contributed by atoms with Crippen LogP contribution in [0.5, 0.6) is 5.75 Å². The fourth-order valence-electron chi connectivity index (χ4n) is 1.24. The van der Waals surface area contributed by atoms with Gasteiger partial charge in [-0.05, 0) is 17.7 Å². The van der Waals surface area contributed by atoms with Gasteiger partial charge in [-0.15, -0.1) is 12.3 Å². The summed E-state index contributed by atoms with van der Waals surface area (Å²) in [5.74, 6) is 3.25. The van der Waals surface area contributed by atoms with Crippen LogP contribution in [-0.4, -0.2) is 19.7 Å². The summed E-state index contributed by atoms with van der Waals surface area (Å²) in [7, 11) is 1.62. The summed E-state index contributed by atoms with van der Waals surface area (Å²) in [5, 5.41) is 5.40. The summed E-state index contributed by atoms with van der Waals surface area (Å²) in [6.07, 6.45) is 5.61. The van der Waals surface area contributed by atoms with Gasteiger partial charge in [0.1, 0.15) is 5.75 Å². The fourth-order valence-corrected chi connectivity index (χ4v) is 1.24. The minimum Gasteiger partial charge on any atom is -0.497 e. The van der Waals surface area contributed by atoms with Gasteiger partial charge in [0.25, 0.3) is 0 Å². The average molecular weight is 232 g/mol. The van der Waals surface area contributed by atoms with E-state index in [-0.39, 0.29) is 6.03 Å². The molecule has 4 heteroatoms. The predicted octanol–water partition coefficient (Wildman–Crippen LogP) is 1.52. The first kappa shape index (κ1) is 12.9. The number of ether oxygens (including phenoxy) is 1. The van der Waals surface area contributed by atoms with Crippen LogP contribution in [0.3, 0.4) is 0 Å². The van der Waals surface area contributed by atoms with Crippen LogP contribution in [0.25, 0.3) is 0 Å². The van der Waals surface area contributed by atoms with Crippen LogP contribution in [0.1, 0.15) is 12.0 Å². The molecule has 90 valence electrons. The van der Waals surface area contributed by atoms with E-state index >= 15 is 0 Å². The summed E-state index contributed by atoms with van der Waals surface area (Å²) in [5.41, 5.74) is 1.01. The van der Waals surface area contributed by atoms with E-state index in [1.54, 1.807) is 7.11 Å². The second kappa shape index (κ2) is 7.18. The summed E-state index contributed by atoms with van der Waals surface area (Å²) < 4.78 is 5.04. The van der Waals surface area contributed by atoms with Crippen LogP contribution in [-0.2, 0) is 6.54 Å². The average Bonchev–Trinajstić information content (AvgIpc) is 2.37. The second-order valence-corrected chi connectivity index (χ2v) is 3.41. The lowest BCUT2D eigenvalue weighted by molar-refractivity contribution is 0.241. The molecule has 4 nitrogen and oxygen atoms in total. The molecule has 1 aromatic rings. The van der Waals surface area contributed by atoms with Crippen molar-refractivity contribution in [3.05, 3.63) is 29.8 Å². The minimum atomic E-state index is -0.212. The number of methoxy groups -OCH3 is 1. The van der Waals surface area contributed by atoms with E-state index in [0.29, 0.717) is 19.5 Å². The molecule has 1 rings (SSSR count). The molecular formula is C13H16N2O2. The molecule has 2 N–H and O–H groups in total. The molecule has 0 fully saturated rings. The summed E-state index contributed by atoms with van der Waals surface area (Å²) in [6.45, 7) is 0.969. The van der Waals surface area contributed by atoms with Crippen molar-refractivity contribution in [2.24, 2.45) is 0 Å². The van der Waals surface area contributed by atoms with Gasteiger partial charge in [-0.2, -0.15) is 0 Å². The van der Waals surface area contributed by atoms with Crippen molar-refractivity contribution >= 4 is 6.03 Å². The maximum atomic E-state index is 11.3. The van der Waals surface area contributed by atoms with Crippen molar-refractivity contribution in [1.29, 1.82) is 0 Å². The lowest BCUT2D eigenvalue weighted by Gasteiger charge is -2.07. The Bertz CT molecular complexity index is 393. The van der Waals surface area contributed by atoms with Gasteiger partial charge < -0.3 is 15.4 Å². The van der Waals surface area contributed by atoms with Gasteiger partial charge >= 0.3 is 6.03 Å². The number of nitrogens with one attached hydrogen (secondary N) is 2. The van der Waals surface area contributed by atoms with Crippen LogP contribution in [0.4, 0.5) is 4.79 Å². The molecule has 0 spiro atoms. The molecule has 0 aliphatic rings. The standard InChI is InChI=1S/C13H16N2O2/c1-3-4-9-14-13(16)15-10-11-5-7-12(17-2)8-6-11/h1,5-8H,4,9-10H2,2H3,(H2,14,15,16). The fraction of sp³-hybridized carbons (Fsp3) is 0.308. The largest absolute Gasteiger partial charge is 0.497 e. The van der Waals surface area contributed by atoms with Crippen LogP contribution in [0.15, 0.2) is 24.3 Å². The molecule has 0 saturated carbocycles. The monoisotopic (exact) mass is 232 g/mol. The number of hydrogen-bond acceptors (Lipinski definition) is 2. The molecule has 0 unspecified atom stereocenters. The highest BCUT2D eigenvalue weighted by molar-refractivity contribution is 5.73. The van der Waals surface area contributed by atoms with Gasteiger partial charge in [-0.3, -0.25) is 0 Å². The molecule has 2 amide bonds. The van der Waals surface area contributed by atoms with Crippen molar-refractivity contribution in [3.63, 3.8) is 0 Å². The maximum absolute atomic E-state index is 11.3. The molecule has 17 heavy (non-hydrogen) atoms. The first-order chi connectivity index (χ1) is 8.26. The molecule has 0 radical (unpaired) electrons. The van der Waals surface area contributed by atoms with E-state index in [1.165, 1.54) is 0 Å². The zero-order valence-electron chi connectivity index (χ0n) is 9.82. The minimum absolute atomic E-state index is 0.212. The van der Waals surface area contributed by atoms with Crippen molar-refractivity contribution in [3.8, 4) is 18.1 Å². The van der Waals surface area contributed by atoms with Crippen molar-refractivity contribution < 1.29 is 9.53 Å². The number of amides is 2. The SMILES string of the molecule is C#CCCNC(=O)NCc1ccc(OC)cc1. The molecule has 0 atom stereocenters. The smallest absolute Gasteiger partial charge is 0.315 e. The van der Waals surface area contributed by atoms with Gasteiger partial charge in [0.15, 0.2) is 0 Å². The predicted molar refractivity (Wildman–Crippen MR) is 66.7 cm³/mol. The number of benzene rings is 1. The van der Waals surface area contributed by atoms with Gasteiger partial charge in [-0.1, -0.05) is 12.1 Å². The third-order valence-corrected chi connectivity index (χ3v) is 2.17. The Hall–Kier alpha value is -2.15. The lowest BCUT2D eigenvalue weighted by Crippen LogP contribution is -2.35. The van der Waals surface area contributed by atoms with Crippen molar-refractivity contribution in [2.45, 2.75) is 13.0 Å². The molecule has 0 saturated heterocycles. The van der Waals surface area contributed by atoms with E-state index in [1.807, 2.05) is 24.3 Å². The Balaban J connectivity index is 2.29. The summed E-state index contributed by atoms with van der Waals surface area (Å²) in [4.78, 5) is 11.3. The topological polar surface area (TPSA) is 50.4 Å². The Morgan fingerprint density at radius 2 is 2.06 bits per heavy atom. The normalized spacial score (nSPS) is 9.18. The Morgan fingerprint density at radius 3 is 2.65 bits per heavy atom. The molecule has 1 aromatic carbocycles. The second-order valence-electron chi connectivity index (χ2n) is 3.41. The molecule has 0 aromatic heterocycles. The van der Waals surface area contributed by atoms with Crippen molar-refractivity contribution in [1.82, 2.24) is 10.6 Å². The highest BCUT2D eigenvalue weighted by atomic mass is 16.5. The van der Waals surface area contributed by atoms with Gasteiger partial charge in [-0.25, -0.2) is 4.79 Å². The summed E-state index contributed by atoms with van der Waals surface area (Å²) in [6, 6.07) is 7.30. The molecule has 0 heterocycles. The van der Waals surface area contributed by atoms with Gasteiger partial charge in [0.05, 0.1) is 7.11 Å². The van der Waals surface area contributed by atoms with E-state index in [0.717, 1.165) is 11.3 Å². The number of hydrogen-bond donors (Lipinski definition) is 2. The third-order valence-electron chi connectivity index (χ3n) is 2.17. The molecule has 0 aliphatic carbocycles. The number of carbonyl (C=O) groups is 1. The van der Waals surface area contributed by atoms with Crippen LogP contribution in [0, 0.1) is 12.3 Å². The first-order valence-electron chi connectivity index (χ1n) is 5.34. The number of urea groups is 1. The highest BCUT2D eigenvalue weighted by Crippen LogP contribution is 2.10. The number of carbonyl (C=O) groups excluding carboxylic acids is 1. The Labute approximate surface area is 101 Å². The van der Waals surface area contributed by atoms with E-state index in [4.69, 9.17) is 11.2 Å². The van der Waals surface area contributed by atoms with Crippen LogP contribution < -0.4 is 15.4 Å². The van der Waals surface area contributed by atoms with Crippen molar-refractivity contribution in [2.75, 3.05) is 13.7 Å². The van der Waals surface area contributed by atoms with Crippen LogP contribution in [0.2, 0.25) is 0 Å². The first-order valence-corrected chi connectivity index (χ1v) is 5.34. The van der Waals surface area contributed by atoms with E-state index < -0.39 is 0 Å². The zero-order chi connectivity index (χ0) is 12.5. The van der Waals surface area contributed by atoms with E-state index in [2.05, 4.69) is 16.6 Å². The molecule has 0 aliphatic heterocycles. The van der Waals surface area contributed by atoms with Gasteiger partial charge in [0.2, 0.25) is 0 Å². The van der Waals surface area contributed by atoms with E-state index in [9.17, 15) is 4.79 Å². The number of terminal acetylenes is 1.